The van der Waals surface area contributed by atoms with E-state index in [1.165, 1.54) is 6.42 Å². The Hall–Kier alpha value is -0.120. The third kappa shape index (κ3) is 3.09. The highest BCUT2D eigenvalue weighted by Crippen LogP contribution is 2.05. The molecule has 0 aromatic carbocycles. The molecule has 0 aromatic rings. The van der Waals surface area contributed by atoms with Crippen LogP contribution in [-0.2, 0) is 4.74 Å². The van der Waals surface area contributed by atoms with E-state index < -0.39 is 0 Å². The first-order chi connectivity index (χ1) is 5.70. The monoisotopic (exact) mass is 172 g/mol. The molecule has 1 aliphatic heterocycles. The van der Waals surface area contributed by atoms with Crippen LogP contribution in [0, 0.1) is 0 Å². The standard InChI is InChI=1S/C9H20N2O/c1-8(11(2)3)6-9-7-12-5-4-10-9/h8-10H,4-7H2,1-3H3. The lowest BCUT2D eigenvalue weighted by Gasteiger charge is -2.29. The third-order valence-corrected chi connectivity index (χ3v) is 2.51. The summed E-state index contributed by atoms with van der Waals surface area (Å²) in [6.45, 7) is 4.99. The first kappa shape index (κ1) is 9.96. The van der Waals surface area contributed by atoms with Gasteiger partial charge in [0.15, 0.2) is 0 Å². The molecule has 0 saturated carbocycles. The van der Waals surface area contributed by atoms with Gasteiger partial charge in [-0.15, -0.1) is 0 Å². The largest absolute Gasteiger partial charge is 0.379 e. The van der Waals surface area contributed by atoms with Crippen LogP contribution in [0.4, 0.5) is 0 Å². The summed E-state index contributed by atoms with van der Waals surface area (Å²) in [4.78, 5) is 2.25. The molecule has 12 heavy (non-hydrogen) atoms. The highest BCUT2D eigenvalue weighted by atomic mass is 16.5. The Bertz CT molecular complexity index is 122. The number of nitrogens with zero attached hydrogens (tertiary/aromatic N) is 1. The van der Waals surface area contributed by atoms with Gasteiger partial charge in [0.25, 0.3) is 0 Å². The van der Waals surface area contributed by atoms with Crippen molar-refractivity contribution in [1.82, 2.24) is 10.2 Å². The summed E-state index contributed by atoms with van der Waals surface area (Å²) in [6, 6.07) is 1.18. The number of hydrogen-bond acceptors (Lipinski definition) is 3. The van der Waals surface area contributed by atoms with Crippen molar-refractivity contribution in [3.63, 3.8) is 0 Å². The SMILES string of the molecule is CC(CC1COCCN1)N(C)C. The van der Waals surface area contributed by atoms with Crippen molar-refractivity contribution in [3.05, 3.63) is 0 Å². The molecule has 1 saturated heterocycles. The van der Waals surface area contributed by atoms with Gasteiger partial charge in [0.2, 0.25) is 0 Å². The van der Waals surface area contributed by atoms with Gasteiger partial charge in [0, 0.05) is 18.6 Å². The third-order valence-electron chi connectivity index (χ3n) is 2.51. The van der Waals surface area contributed by atoms with E-state index in [-0.39, 0.29) is 0 Å². The molecule has 0 aromatic heterocycles. The Morgan fingerprint density at radius 2 is 2.33 bits per heavy atom. The van der Waals surface area contributed by atoms with Gasteiger partial charge in [-0.05, 0) is 27.4 Å². The minimum Gasteiger partial charge on any atom is -0.379 e. The molecular formula is C9H20N2O. The highest BCUT2D eigenvalue weighted by Gasteiger charge is 2.16. The van der Waals surface area contributed by atoms with Crippen LogP contribution in [0.1, 0.15) is 13.3 Å². The molecule has 2 unspecified atom stereocenters. The lowest BCUT2D eigenvalue weighted by Crippen LogP contribution is -2.44. The van der Waals surface area contributed by atoms with Gasteiger partial charge in [-0.3, -0.25) is 0 Å². The maximum absolute atomic E-state index is 5.38. The van der Waals surface area contributed by atoms with Crippen molar-refractivity contribution in [2.24, 2.45) is 0 Å². The summed E-state index contributed by atoms with van der Waals surface area (Å²) in [7, 11) is 4.24. The van der Waals surface area contributed by atoms with E-state index in [4.69, 9.17) is 4.74 Å². The molecule has 72 valence electrons. The Balaban J connectivity index is 2.20. The quantitative estimate of drug-likeness (QED) is 0.663. The normalized spacial score (nSPS) is 27.5. The smallest absolute Gasteiger partial charge is 0.0620 e. The molecule has 0 radical (unpaired) electrons. The van der Waals surface area contributed by atoms with E-state index in [0.717, 1.165) is 19.8 Å². The number of rotatable bonds is 3. The van der Waals surface area contributed by atoms with Crippen molar-refractivity contribution in [2.75, 3.05) is 33.9 Å². The van der Waals surface area contributed by atoms with E-state index in [1.807, 2.05) is 0 Å². The van der Waals surface area contributed by atoms with E-state index in [1.54, 1.807) is 0 Å². The van der Waals surface area contributed by atoms with Crippen molar-refractivity contribution >= 4 is 0 Å². The summed E-state index contributed by atoms with van der Waals surface area (Å²) in [6.07, 6.45) is 1.17. The predicted molar refractivity (Wildman–Crippen MR) is 50.4 cm³/mol. The Morgan fingerprint density at radius 1 is 1.58 bits per heavy atom. The van der Waals surface area contributed by atoms with Crippen LogP contribution in [0.25, 0.3) is 0 Å². The molecule has 3 nitrogen and oxygen atoms in total. The molecule has 0 amide bonds. The van der Waals surface area contributed by atoms with E-state index in [2.05, 4.69) is 31.2 Å². The molecule has 1 N–H and O–H groups in total. The molecule has 1 aliphatic rings. The van der Waals surface area contributed by atoms with Crippen LogP contribution >= 0.6 is 0 Å². The number of hydrogen-bond donors (Lipinski definition) is 1. The van der Waals surface area contributed by atoms with Crippen molar-refractivity contribution in [2.45, 2.75) is 25.4 Å². The maximum atomic E-state index is 5.38. The van der Waals surface area contributed by atoms with Gasteiger partial charge in [-0.2, -0.15) is 0 Å². The highest BCUT2D eigenvalue weighted by molar-refractivity contribution is 4.75. The van der Waals surface area contributed by atoms with E-state index in [9.17, 15) is 0 Å². The summed E-state index contributed by atoms with van der Waals surface area (Å²) in [5.74, 6) is 0. The average molecular weight is 172 g/mol. The molecule has 2 atom stereocenters. The zero-order valence-corrected chi connectivity index (χ0v) is 8.34. The van der Waals surface area contributed by atoms with Crippen molar-refractivity contribution < 1.29 is 4.74 Å². The summed E-state index contributed by atoms with van der Waals surface area (Å²) < 4.78 is 5.38. The van der Waals surface area contributed by atoms with Gasteiger partial charge in [-0.1, -0.05) is 0 Å². The van der Waals surface area contributed by atoms with Gasteiger partial charge in [0.05, 0.1) is 13.2 Å². The molecule has 1 heterocycles. The fourth-order valence-electron chi connectivity index (χ4n) is 1.39. The molecular weight excluding hydrogens is 152 g/mol. The minimum atomic E-state index is 0.552. The topological polar surface area (TPSA) is 24.5 Å². The van der Waals surface area contributed by atoms with Gasteiger partial charge in [0.1, 0.15) is 0 Å². The van der Waals surface area contributed by atoms with E-state index in [0.29, 0.717) is 12.1 Å². The number of nitrogens with one attached hydrogen (secondary N) is 1. The first-order valence-corrected chi connectivity index (χ1v) is 4.67. The lowest BCUT2D eigenvalue weighted by molar-refractivity contribution is 0.0663. The van der Waals surface area contributed by atoms with Gasteiger partial charge in [-0.25, -0.2) is 0 Å². The summed E-state index contributed by atoms with van der Waals surface area (Å²) in [5.41, 5.74) is 0. The Morgan fingerprint density at radius 3 is 2.83 bits per heavy atom. The van der Waals surface area contributed by atoms with Gasteiger partial charge < -0.3 is 15.0 Å². The van der Waals surface area contributed by atoms with Crippen LogP contribution in [0.15, 0.2) is 0 Å². The molecule has 0 aliphatic carbocycles. The van der Waals surface area contributed by atoms with Crippen molar-refractivity contribution in [1.29, 1.82) is 0 Å². The number of morpholine rings is 1. The average Bonchev–Trinajstić information content (AvgIpc) is 2.06. The second-order valence-corrected chi connectivity index (χ2v) is 3.77. The maximum Gasteiger partial charge on any atom is 0.0620 e. The van der Waals surface area contributed by atoms with Crippen LogP contribution < -0.4 is 5.32 Å². The number of ether oxygens (including phenoxy) is 1. The van der Waals surface area contributed by atoms with Gasteiger partial charge >= 0.3 is 0 Å². The van der Waals surface area contributed by atoms with Crippen molar-refractivity contribution in [3.8, 4) is 0 Å². The minimum absolute atomic E-state index is 0.552. The zero-order valence-electron chi connectivity index (χ0n) is 8.34. The molecule has 1 fully saturated rings. The van der Waals surface area contributed by atoms with Crippen LogP contribution in [0.2, 0.25) is 0 Å². The summed E-state index contributed by atoms with van der Waals surface area (Å²) in [5, 5.41) is 3.45. The summed E-state index contributed by atoms with van der Waals surface area (Å²) >= 11 is 0. The van der Waals surface area contributed by atoms with Crippen LogP contribution in [0.3, 0.4) is 0 Å². The Labute approximate surface area is 75.1 Å². The first-order valence-electron chi connectivity index (χ1n) is 4.67. The van der Waals surface area contributed by atoms with Crippen LogP contribution in [-0.4, -0.2) is 50.8 Å². The Kier molecular flexibility index (Phi) is 3.98. The fourth-order valence-corrected chi connectivity index (χ4v) is 1.39. The van der Waals surface area contributed by atoms with Crippen LogP contribution in [0.5, 0.6) is 0 Å². The molecule has 0 bridgehead atoms. The van der Waals surface area contributed by atoms with E-state index >= 15 is 0 Å². The predicted octanol–water partition coefficient (Wildman–Crippen LogP) is 0.315. The fraction of sp³-hybridized carbons (Fsp3) is 1.00. The molecule has 1 rings (SSSR count). The molecule has 3 heteroatoms. The molecule has 0 spiro atoms. The lowest BCUT2D eigenvalue weighted by atomic mass is 10.1. The second-order valence-electron chi connectivity index (χ2n) is 3.77. The second kappa shape index (κ2) is 4.80. The zero-order chi connectivity index (χ0) is 8.97.